The molecule has 1 fully saturated rings. The molecule has 0 saturated carbocycles. The van der Waals surface area contributed by atoms with Crippen molar-refractivity contribution < 1.29 is 4.74 Å². The summed E-state index contributed by atoms with van der Waals surface area (Å²) in [5, 5.41) is 3.63. The lowest BCUT2D eigenvalue weighted by molar-refractivity contribution is 0.182. The Morgan fingerprint density at radius 1 is 1.50 bits per heavy atom. The van der Waals surface area contributed by atoms with E-state index in [-0.39, 0.29) is 5.54 Å². The first-order valence-electron chi connectivity index (χ1n) is 4.99. The van der Waals surface area contributed by atoms with E-state index in [1.165, 1.54) is 19.3 Å². The van der Waals surface area contributed by atoms with Crippen LogP contribution in [0.3, 0.4) is 0 Å². The van der Waals surface area contributed by atoms with Gasteiger partial charge in [0.1, 0.15) is 0 Å². The minimum atomic E-state index is 0.285. The third kappa shape index (κ3) is 3.11. The monoisotopic (exact) mass is 171 g/mol. The van der Waals surface area contributed by atoms with E-state index in [9.17, 15) is 0 Å². The third-order valence-corrected chi connectivity index (χ3v) is 2.40. The number of rotatable bonds is 4. The summed E-state index contributed by atoms with van der Waals surface area (Å²) in [7, 11) is 0. The minimum absolute atomic E-state index is 0.285. The quantitative estimate of drug-likeness (QED) is 0.698. The lowest BCUT2D eigenvalue weighted by Crippen LogP contribution is -2.46. The van der Waals surface area contributed by atoms with Crippen LogP contribution in [0.5, 0.6) is 0 Å². The van der Waals surface area contributed by atoms with Gasteiger partial charge in [0.2, 0.25) is 0 Å². The van der Waals surface area contributed by atoms with Crippen LogP contribution in [0.25, 0.3) is 0 Å². The van der Waals surface area contributed by atoms with Crippen LogP contribution >= 0.6 is 0 Å². The number of nitrogens with one attached hydrogen (secondary N) is 1. The molecule has 0 aromatic heterocycles. The average Bonchev–Trinajstić information content (AvgIpc) is 2.38. The highest BCUT2D eigenvalue weighted by Gasteiger charge is 2.23. The van der Waals surface area contributed by atoms with Crippen LogP contribution < -0.4 is 5.32 Å². The maximum Gasteiger partial charge on any atom is 0.0620 e. The molecule has 72 valence electrons. The molecule has 0 radical (unpaired) electrons. The first-order valence-corrected chi connectivity index (χ1v) is 4.99. The number of hydrogen-bond donors (Lipinski definition) is 1. The molecule has 1 saturated heterocycles. The van der Waals surface area contributed by atoms with Crippen LogP contribution in [0.15, 0.2) is 0 Å². The molecule has 1 N–H and O–H groups in total. The van der Waals surface area contributed by atoms with Gasteiger partial charge in [-0.1, -0.05) is 13.3 Å². The van der Waals surface area contributed by atoms with Crippen LogP contribution in [-0.4, -0.2) is 24.8 Å². The standard InChI is InChI=1S/C10H21NO/c1-4-6-10(2,3)11-9-5-7-12-8-9/h9,11H,4-8H2,1-3H3. The molecule has 0 aromatic carbocycles. The van der Waals surface area contributed by atoms with Gasteiger partial charge in [-0.15, -0.1) is 0 Å². The summed E-state index contributed by atoms with van der Waals surface area (Å²) >= 11 is 0. The molecule has 2 nitrogen and oxygen atoms in total. The van der Waals surface area contributed by atoms with Gasteiger partial charge in [0, 0.05) is 18.2 Å². The zero-order chi connectivity index (χ0) is 9.03. The lowest BCUT2D eigenvalue weighted by atomic mass is 9.97. The van der Waals surface area contributed by atoms with Crippen LogP contribution in [0.4, 0.5) is 0 Å². The van der Waals surface area contributed by atoms with Crippen molar-refractivity contribution in [1.29, 1.82) is 0 Å². The van der Waals surface area contributed by atoms with Gasteiger partial charge in [-0.25, -0.2) is 0 Å². The van der Waals surface area contributed by atoms with Gasteiger partial charge in [0.25, 0.3) is 0 Å². The molecule has 12 heavy (non-hydrogen) atoms. The molecule has 1 unspecified atom stereocenters. The van der Waals surface area contributed by atoms with E-state index in [2.05, 4.69) is 26.1 Å². The van der Waals surface area contributed by atoms with Crippen LogP contribution in [0.1, 0.15) is 40.0 Å². The van der Waals surface area contributed by atoms with E-state index in [4.69, 9.17) is 4.74 Å². The first-order chi connectivity index (χ1) is 5.64. The van der Waals surface area contributed by atoms with Crippen LogP contribution in [0, 0.1) is 0 Å². The van der Waals surface area contributed by atoms with Crippen molar-refractivity contribution in [2.24, 2.45) is 0 Å². The highest BCUT2D eigenvalue weighted by molar-refractivity contribution is 4.83. The molecule has 1 rings (SSSR count). The minimum Gasteiger partial charge on any atom is -0.380 e. The van der Waals surface area contributed by atoms with Crippen LogP contribution in [0.2, 0.25) is 0 Å². The smallest absolute Gasteiger partial charge is 0.0620 e. The summed E-state index contributed by atoms with van der Waals surface area (Å²) in [6, 6.07) is 0.589. The van der Waals surface area contributed by atoms with Crippen molar-refractivity contribution >= 4 is 0 Å². The Morgan fingerprint density at radius 2 is 2.25 bits per heavy atom. The highest BCUT2D eigenvalue weighted by atomic mass is 16.5. The topological polar surface area (TPSA) is 21.3 Å². The predicted molar refractivity (Wildman–Crippen MR) is 51.3 cm³/mol. The Hall–Kier alpha value is -0.0800. The van der Waals surface area contributed by atoms with Crippen molar-refractivity contribution in [2.75, 3.05) is 13.2 Å². The Morgan fingerprint density at radius 3 is 2.75 bits per heavy atom. The molecule has 1 aliphatic heterocycles. The maximum absolute atomic E-state index is 5.32. The summed E-state index contributed by atoms with van der Waals surface area (Å²) in [6.45, 7) is 8.60. The fourth-order valence-electron chi connectivity index (χ4n) is 1.90. The van der Waals surface area contributed by atoms with E-state index in [1.54, 1.807) is 0 Å². The predicted octanol–water partition coefficient (Wildman–Crippen LogP) is 1.94. The summed E-state index contributed by atoms with van der Waals surface area (Å²) in [4.78, 5) is 0. The summed E-state index contributed by atoms with van der Waals surface area (Å²) in [5.74, 6) is 0. The molecule has 1 heterocycles. The van der Waals surface area contributed by atoms with E-state index >= 15 is 0 Å². The summed E-state index contributed by atoms with van der Waals surface area (Å²) in [6.07, 6.45) is 3.66. The molecule has 1 atom stereocenters. The van der Waals surface area contributed by atoms with Crippen molar-refractivity contribution in [1.82, 2.24) is 5.32 Å². The molecular formula is C10H21NO. The first kappa shape index (κ1) is 10.0. The van der Waals surface area contributed by atoms with Crippen molar-refractivity contribution in [2.45, 2.75) is 51.6 Å². The normalized spacial score (nSPS) is 24.8. The van der Waals surface area contributed by atoms with E-state index in [1.807, 2.05) is 0 Å². The summed E-state index contributed by atoms with van der Waals surface area (Å²) in [5.41, 5.74) is 0.285. The van der Waals surface area contributed by atoms with Gasteiger partial charge < -0.3 is 10.1 Å². The van der Waals surface area contributed by atoms with E-state index < -0.39 is 0 Å². The van der Waals surface area contributed by atoms with Gasteiger partial charge in [-0.3, -0.25) is 0 Å². The van der Waals surface area contributed by atoms with Crippen molar-refractivity contribution in [3.8, 4) is 0 Å². The van der Waals surface area contributed by atoms with E-state index in [0.29, 0.717) is 6.04 Å². The number of ether oxygens (including phenoxy) is 1. The molecule has 0 bridgehead atoms. The Balaban J connectivity index is 2.27. The zero-order valence-electron chi connectivity index (χ0n) is 8.52. The molecule has 0 amide bonds. The zero-order valence-corrected chi connectivity index (χ0v) is 8.52. The molecule has 2 heteroatoms. The molecule has 0 spiro atoms. The number of hydrogen-bond acceptors (Lipinski definition) is 2. The molecule has 0 aliphatic carbocycles. The second-order valence-corrected chi connectivity index (χ2v) is 4.34. The SMILES string of the molecule is CCCC(C)(C)NC1CCOC1. The van der Waals surface area contributed by atoms with Crippen molar-refractivity contribution in [3.05, 3.63) is 0 Å². The fourth-order valence-corrected chi connectivity index (χ4v) is 1.90. The van der Waals surface area contributed by atoms with Crippen molar-refractivity contribution in [3.63, 3.8) is 0 Å². The second-order valence-electron chi connectivity index (χ2n) is 4.34. The Labute approximate surface area is 75.7 Å². The molecular weight excluding hydrogens is 150 g/mol. The largest absolute Gasteiger partial charge is 0.380 e. The van der Waals surface area contributed by atoms with Crippen LogP contribution in [-0.2, 0) is 4.74 Å². The Kier molecular flexibility index (Phi) is 3.53. The fraction of sp³-hybridized carbons (Fsp3) is 1.00. The molecule has 0 aromatic rings. The van der Waals surface area contributed by atoms with Gasteiger partial charge in [-0.05, 0) is 26.7 Å². The average molecular weight is 171 g/mol. The van der Waals surface area contributed by atoms with Gasteiger partial charge in [0.15, 0.2) is 0 Å². The maximum atomic E-state index is 5.32. The lowest BCUT2D eigenvalue weighted by Gasteiger charge is -2.29. The third-order valence-electron chi connectivity index (χ3n) is 2.40. The highest BCUT2D eigenvalue weighted by Crippen LogP contribution is 2.15. The summed E-state index contributed by atoms with van der Waals surface area (Å²) < 4.78 is 5.32. The molecule has 1 aliphatic rings. The van der Waals surface area contributed by atoms with E-state index in [0.717, 1.165) is 13.2 Å². The van der Waals surface area contributed by atoms with Gasteiger partial charge >= 0.3 is 0 Å². The Bertz CT molecular complexity index is 128. The van der Waals surface area contributed by atoms with Gasteiger partial charge in [-0.2, -0.15) is 0 Å². The second kappa shape index (κ2) is 4.24. The van der Waals surface area contributed by atoms with Gasteiger partial charge in [0.05, 0.1) is 6.61 Å².